The molecule has 0 aliphatic heterocycles. The Morgan fingerprint density at radius 2 is 2.09 bits per heavy atom. The Hall–Kier alpha value is -2.41. The third-order valence-corrected chi connectivity index (χ3v) is 3.40. The Morgan fingerprint density at radius 1 is 1.41 bits per heavy atom. The predicted molar refractivity (Wildman–Crippen MR) is 83.1 cm³/mol. The van der Waals surface area contributed by atoms with Crippen molar-refractivity contribution in [2.45, 2.75) is 19.4 Å². The highest BCUT2D eigenvalue weighted by Gasteiger charge is 2.30. The van der Waals surface area contributed by atoms with Gasteiger partial charge in [-0.15, -0.1) is 5.10 Å². The van der Waals surface area contributed by atoms with Gasteiger partial charge >= 0.3 is 6.01 Å². The third kappa shape index (κ3) is 3.25. The van der Waals surface area contributed by atoms with E-state index in [4.69, 9.17) is 16.3 Å². The lowest BCUT2D eigenvalue weighted by Crippen LogP contribution is -2.38. The SMILES string of the molecule is COc1ncn(C(C)(C)C(=NNC=O)c2ccc(Cl)cc2)n1. The molecule has 1 aromatic heterocycles. The molecule has 1 aromatic carbocycles. The second-order valence-corrected chi connectivity index (χ2v) is 5.39. The summed E-state index contributed by atoms with van der Waals surface area (Å²) in [5.41, 5.74) is 3.07. The fourth-order valence-corrected chi connectivity index (χ4v) is 2.10. The van der Waals surface area contributed by atoms with Gasteiger partial charge in [-0.2, -0.15) is 10.1 Å². The van der Waals surface area contributed by atoms with Crippen LogP contribution in [0.25, 0.3) is 0 Å². The Morgan fingerprint density at radius 3 is 2.64 bits per heavy atom. The van der Waals surface area contributed by atoms with E-state index < -0.39 is 5.54 Å². The van der Waals surface area contributed by atoms with Crippen LogP contribution in [0.4, 0.5) is 0 Å². The van der Waals surface area contributed by atoms with Crippen molar-refractivity contribution in [3.8, 4) is 6.01 Å². The van der Waals surface area contributed by atoms with Crippen LogP contribution in [0.2, 0.25) is 5.02 Å². The Kier molecular flexibility index (Phi) is 4.77. The molecule has 2 rings (SSSR count). The number of ether oxygens (including phenoxy) is 1. The van der Waals surface area contributed by atoms with E-state index >= 15 is 0 Å². The average molecular weight is 322 g/mol. The van der Waals surface area contributed by atoms with E-state index in [0.29, 0.717) is 17.1 Å². The number of carbonyl (C=O) groups is 1. The summed E-state index contributed by atoms with van der Waals surface area (Å²) in [6.07, 6.45) is 2.05. The number of nitrogens with zero attached hydrogens (tertiary/aromatic N) is 4. The van der Waals surface area contributed by atoms with Crippen LogP contribution in [0.3, 0.4) is 0 Å². The molecule has 0 bridgehead atoms. The summed E-state index contributed by atoms with van der Waals surface area (Å²) in [5.74, 6) is 0. The molecule has 8 heteroatoms. The number of hydrazone groups is 1. The van der Waals surface area contributed by atoms with Crippen LogP contribution in [-0.4, -0.2) is 34.0 Å². The van der Waals surface area contributed by atoms with Crippen LogP contribution in [0, 0.1) is 0 Å². The molecule has 0 unspecified atom stereocenters. The highest BCUT2D eigenvalue weighted by atomic mass is 35.5. The average Bonchev–Trinajstić information content (AvgIpc) is 2.99. The first-order chi connectivity index (χ1) is 10.5. The topological polar surface area (TPSA) is 81.4 Å². The molecule has 1 heterocycles. The van der Waals surface area contributed by atoms with Gasteiger partial charge in [-0.25, -0.2) is 10.1 Å². The molecule has 0 radical (unpaired) electrons. The summed E-state index contributed by atoms with van der Waals surface area (Å²) < 4.78 is 6.62. The molecule has 2 aromatic rings. The van der Waals surface area contributed by atoms with Gasteiger partial charge in [-0.1, -0.05) is 23.7 Å². The molecule has 0 fully saturated rings. The van der Waals surface area contributed by atoms with Gasteiger partial charge in [0.1, 0.15) is 11.9 Å². The minimum Gasteiger partial charge on any atom is -0.466 e. The quantitative estimate of drug-likeness (QED) is 0.500. The summed E-state index contributed by atoms with van der Waals surface area (Å²) in [7, 11) is 1.49. The van der Waals surface area contributed by atoms with Crippen LogP contribution in [-0.2, 0) is 10.3 Å². The second-order valence-electron chi connectivity index (χ2n) is 4.95. The molecule has 0 saturated heterocycles. The fourth-order valence-electron chi connectivity index (χ4n) is 1.97. The largest absolute Gasteiger partial charge is 0.466 e. The molecule has 0 atom stereocenters. The summed E-state index contributed by atoms with van der Waals surface area (Å²) in [4.78, 5) is 14.6. The molecule has 1 N–H and O–H groups in total. The van der Waals surface area contributed by atoms with Crippen LogP contribution >= 0.6 is 11.6 Å². The van der Waals surface area contributed by atoms with Crippen molar-refractivity contribution in [1.29, 1.82) is 0 Å². The van der Waals surface area contributed by atoms with Gasteiger partial charge in [-0.3, -0.25) is 4.79 Å². The maximum absolute atomic E-state index is 10.6. The molecule has 0 aliphatic rings. The highest BCUT2D eigenvalue weighted by molar-refractivity contribution is 6.30. The summed E-state index contributed by atoms with van der Waals surface area (Å²) in [6.45, 7) is 3.81. The smallest absolute Gasteiger partial charge is 0.335 e. The standard InChI is InChI=1S/C14H16ClN5O2/c1-14(2,20-8-16-13(19-20)22-3)12(18-17-9-21)10-4-6-11(15)7-5-10/h4-9H,1-3H3,(H,17,21). The van der Waals surface area contributed by atoms with Gasteiger partial charge in [-0.05, 0) is 26.0 Å². The third-order valence-electron chi connectivity index (χ3n) is 3.15. The van der Waals surface area contributed by atoms with Gasteiger partial charge < -0.3 is 4.74 Å². The normalized spacial score (nSPS) is 12.1. The van der Waals surface area contributed by atoms with Gasteiger partial charge in [0.25, 0.3) is 0 Å². The molecular formula is C14H16ClN5O2. The van der Waals surface area contributed by atoms with E-state index in [1.165, 1.54) is 7.11 Å². The number of aromatic nitrogens is 3. The molecule has 7 nitrogen and oxygen atoms in total. The van der Waals surface area contributed by atoms with Crippen molar-refractivity contribution in [2.75, 3.05) is 7.11 Å². The molecule has 1 amide bonds. The Labute approximate surface area is 132 Å². The number of carbonyl (C=O) groups excluding carboxylic acids is 1. The lowest BCUT2D eigenvalue weighted by atomic mass is 9.92. The van der Waals surface area contributed by atoms with E-state index in [1.54, 1.807) is 23.1 Å². The first-order valence-electron chi connectivity index (χ1n) is 6.48. The summed E-state index contributed by atoms with van der Waals surface area (Å²) >= 11 is 5.92. The number of nitrogens with one attached hydrogen (secondary N) is 1. The summed E-state index contributed by atoms with van der Waals surface area (Å²) in [6, 6.07) is 7.41. The number of hydrogen-bond donors (Lipinski definition) is 1. The van der Waals surface area contributed by atoms with Gasteiger partial charge in [0.15, 0.2) is 0 Å². The number of halogens is 1. The van der Waals surface area contributed by atoms with Crippen molar-refractivity contribution >= 4 is 23.7 Å². The predicted octanol–water partition coefficient (Wildman–Crippen LogP) is 1.83. The van der Waals surface area contributed by atoms with Crippen LogP contribution in [0.15, 0.2) is 35.7 Å². The van der Waals surface area contributed by atoms with Gasteiger partial charge in [0, 0.05) is 10.6 Å². The van der Waals surface area contributed by atoms with Gasteiger partial charge in [0.05, 0.1) is 12.8 Å². The van der Waals surface area contributed by atoms with Crippen molar-refractivity contribution in [3.05, 3.63) is 41.2 Å². The highest BCUT2D eigenvalue weighted by Crippen LogP contribution is 2.23. The fraction of sp³-hybridized carbons (Fsp3) is 0.286. The zero-order valence-corrected chi connectivity index (χ0v) is 13.2. The molecule has 0 aliphatic carbocycles. The first kappa shape index (κ1) is 16.0. The lowest BCUT2D eigenvalue weighted by Gasteiger charge is -2.26. The zero-order valence-electron chi connectivity index (χ0n) is 12.4. The van der Waals surface area contributed by atoms with Crippen LogP contribution in [0.5, 0.6) is 6.01 Å². The number of benzene rings is 1. The molecule has 0 spiro atoms. The number of methoxy groups -OCH3 is 1. The minimum atomic E-state index is -0.673. The maximum Gasteiger partial charge on any atom is 0.335 e. The molecule has 116 valence electrons. The van der Waals surface area contributed by atoms with Crippen molar-refractivity contribution in [1.82, 2.24) is 20.2 Å². The molecule has 0 saturated carbocycles. The lowest BCUT2D eigenvalue weighted by molar-refractivity contribution is -0.109. The van der Waals surface area contributed by atoms with Gasteiger partial charge in [0.2, 0.25) is 6.41 Å². The monoisotopic (exact) mass is 321 g/mol. The number of rotatable bonds is 6. The number of hydrogen-bond acceptors (Lipinski definition) is 5. The van der Waals surface area contributed by atoms with E-state index in [0.717, 1.165) is 5.56 Å². The Bertz CT molecular complexity index is 679. The van der Waals surface area contributed by atoms with E-state index in [9.17, 15) is 4.79 Å². The number of amides is 1. The molecular weight excluding hydrogens is 306 g/mol. The summed E-state index contributed by atoms with van der Waals surface area (Å²) in [5, 5.41) is 9.00. The van der Waals surface area contributed by atoms with E-state index in [-0.39, 0.29) is 6.01 Å². The van der Waals surface area contributed by atoms with Crippen molar-refractivity contribution in [3.63, 3.8) is 0 Å². The zero-order chi connectivity index (χ0) is 16.2. The van der Waals surface area contributed by atoms with Crippen LogP contribution < -0.4 is 10.2 Å². The van der Waals surface area contributed by atoms with Crippen LogP contribution in [0.1, 0.15) is 19.4 Å². The maximum atomic E-state index is 10.6. The minimum absolute atomic E-state index is 0.256. The first-order valence-corrected chi connectivity index (χ1v) is 6.86. The van der Waals surface area contributed by atoms with Crippen molar-refractivity contribution < 1.29 is 9.53 Å². The van der Waals surface area contributed by atoms with Crippen molar-refractivity contribution in [2.24, 2.45) is 5.10 Å². The second kappa shape index (κ2) is 6.57. The van der Waals surface area contributed by atoms with E-state index in [1.807, 2.05) is 26.0 Å². The molecule has 22 heavy (non-hydrogen) atoms. The van der Waals surface area contributed by atoms with E-state index in [2.05, 4.69) is 20.6 Å². The Balaban J connectivity index is 2.47.